The first kappa shape index (κ1) is 22.6. The highest BCUT2D eigenvalue weighted by Crippen LogP contribution is 2.30. The molecule has 2 aromatic rings. The lowest BCUT2D eigenvalue weighted by Gasteiger charge is -2.24. The summed E-state index contributed by atoms with van der Waals surface area (Å²) in [6.45, 7) is 6.05. The Labute approximate surface area is 185 Å². The molecule has 0 spiro atoms. The number of halogens is 1. The first-order valence-electron chi connectivity index (χ1n) is 9.83. The number of amides is 2. The van der Waals surface area contributed by atoms with E-state index in [1.54, 1.807) is 25.7 Å². The number of nitro groups is 1. The standard InChI is InChI=1S/C22H24ClN3O5/c1-22(2,3)31-21(28)25-12-17(14-7-5-4-6-8-14)19(13-25)24-20(27)16-10-9-15(26(29)30)11-18(16)23/h4-11,17,19H,12-13H2,1-3H3,(H,24,27)/t17-,19+/m0/s1. The van der Waals surface area contributed by atoms with Crippen molar-refractivity contribution in [2.24, 2.45) is 0 Å². The molecule has 1 aliphatic rings. The molecule has 1 saturated heterocycles. The largest absolute Gasteiger partial charge is 0.444 e. The van der Waals surface area contributed by atoms with Crippen molar-refractivity contribution < 1.29 is 19.2 Å². The van der Waals surface area contributed by atoms with Crippen LogP contribution < -0.4 is 5.32 Å². The Hall–Kier alpha value is -3.13. The fourth-order valence-corrected chi connectivity index (χ4v) is 3.77. The van der Waals surface area contributed by atoms with Gasteiger partial charge in [0, 0.05) is 31.1 Å². The number of ether oxygens (including phenoxy) is 1. The lowest BCUT2D eigenvalue weighted by molar-refractivity contribution is -0.384. The average Bonchev–Trinajstić information content (AvgIpc) is 3.11. The Morgan fingerprint density at radius 3 is 2.42 bits per heavy atom. The molecule has 0 unspecified atom stereocenters. The molecule has 164 valence electrons. The van der Waals surface area contributed by atoms with Gasteiger partial charge in [-0.05, 0) is 32.4 Å². The van der Waals surface area contributed by atoms with E-state index in [9.17, 15) is 19.7 Å². The third-order valence-corrected chi connectivity index (χ3v) is 5.24. The van der Waals surface area contributed by atoms with Gasteiger partial charge in [0.1, 0.15) is 5.60 Å². The van der Waals surface area contributed by atoms with Crippen molar-refractivity contribution in [3.05, 3.63) is 74.8 Å². The third-order valence-electron chi connectivity index (χ3n) is 4.92. The Bertz CT molecular complexity index is 990. The molecule has 8 nitrogen and oxygen atoms in total. The van der Waals surface area contributed by atoms with Crippen molar-refractivity contribution in [1.29, 1.82) is 0 Å². The summed E-state index contributed by atoms with van der Waals surface area (Å²) < 4.78 is 5.49. The second-order valence-electron chi connectivity index (χ2n) is 8.40. The highest BCUT2D eigenvalue weighted by Gasteiger charge is 2.39. The minimum absolute atomic E-state index is 0.00930. The number of carbonyl (C=O) groups is 2. The second-order valence-corrected chi connectivity index (χ2v) is 8.81. The summed E-state index contributed by atoms with van der Waals surface area (Å²) in [6.07, 6.45) is -0.446. The summed E-state index contributed by atoms with van der Waals surface area (Å²) in [7, 11) is 0. The molecule has 1 aliphatic heterocycles. The van der Waals surface area contributed by atoms with Crippen LogP contribution >= 0.6 is 11.6 Å². The molecule has 2 aromatic carbocycles. The van der Waals surface area contributed by atoms with Crippen LogP contribution in [0.2, 0.25) is 5.02 Å². The number of non-ortho nitro benzene ring substituents is 1. The Balaban J connectivity index is 1.82. The lowest BCUT2D eigenvalue weighted by Crippen LogP contribution is -2.41. The van der Waals surface area contributed by atoms with Gasteiger partial charge in [0.2, 0.25) is 0 Å². The van der Waals surface area contributed by atoms with Gasteiger partial charge in [-0.2, -0.15) is 0 Å². The molecule has 1 N–H and O–H groups in total. The summed E-state index contributed by atoms with van der Waals surface area (Å²) in [5.41, 5.74) is 0.288. The van der Waals surface area contributed by atoms with E-state index in [-0.39, 0.29) is 34.8 Å². The molecule has 31 heavy (non-hydrogen) atoms. The number of nitrogens with one attached hydrogen (secondary N) is 1. The van der Waals surface area contributed by atoms with Crippen LogP contribution in [0.4, 0.5) is 10.5 Å². The fourth-order valence-electron chi connectivity index (χ4n) is 3.51. The highest BCUT2D eigenvalue weighted by molar-refractivity contribution is 6.34. The van der Waals surface area contributed by atoms with Crippen molar-refractivity contribution in [2.45, 2.75) is 38.3 Å². The zero-order valence-corrected chi connectivity index (χ0v) is 18.3. The van der Waals surface area contributed by atoms with Crippen LogP contribution in [0, 0.1) is 10.1 Å². The summed E-state index contributed by atoms with van der Waals surface area (Å²) in [5, 5.41) is 13.8. The molecule has 1 fully saturated rings. The van der Waals surface area contributed by atoms with Gasteiger partial charge in [-0.1, -0.05) is 41.9 Å². The fraction of sp³-hybridized carbons (Fsp3) is 0.364. The minimum atomic E-state index is -0.632. The van der Waals surface area contributed by atoms with E-state index in [2.05, 4.69) is 5.32 Å². The third kappa shape index (κ3) is 5.52. The van der Waals surface area contributed by atoms with E-state index in [1.165, 1.54) is 12.1 Å². The van der Waals surface area contributed by atoms with Crippen LogP contribution in [-0.4, -0.2) is 46.6 Å². The number of nitro benzene ring substituents is 1. The zero-order valence-electron chi connectivity index (χ0n) is 17.5. The lowest BCUT2D eigenvalue weighted by atomic mass is 9.94. The maximum atomic E-state index is 12.9. The first-order valence-corrected chi connectivity index (χ1v) is 10.2. The number of likely N-dealkylation sites (tertiary alicyclic amines) is 1. The van der Waals surface area contributed by atoms with Crippen LogP contribution in [0.1, 0.15) is 42.6 Å². The van der Waals surface area contributed by atoms with E-state index in [4.69, 9.17) is 16.3 Å². The van der Waals surface area contributed by atoms with Crippen molar-refractivity contribution in [2.75, 3.05) is 13.1 Å². The van der Waals surface area contributed by atoms with Crippen molar-refractivity contribution in [3.63, 3.8) is 0 Å². The zero-order chi connectivity index (χ0) is 22.8. The number of rotatable bonds is 4. The monoisotopic (exact) mass is 445 g/mol. The van der Waals surface area contributed by atoms with E-state index in [1.807, 2.05) is 30.3 Å². The minimum Gasteiger partial charge on any atom is -0.444 e. The Morgan fingerprint density at radius 1 is 1.16 bits per heavy atom. The summed E-state index contributed by atoms with van der Waals surface area (Å²) >= 11 is 6.11. The molecule has 0 bridgehead atoms. The van der Waals surface area contributed by atoms with Crippen LogP contribution in [0.5, 0.6) is 0 Å². The van der Waals surface area contributed by atoms with Gasteiger partial charge >= 0.3 is 6.09 Å². The van der Waals surface area contributed by atoms with E-state index >= 15 is 0 Å². The van der Waals surface area contributed by atoms with Crippen LogP contribution in [0.25, 0.3) is 0 Å². The number of nitrogens with zero attached hydrogens (tertiary/aromatic N) is 2. The average molecular weight is 446 g/mol. The normalized spacial score (nSPS) is 18.5. The molecular formula is C22H24ClN3O5. The molecule has 3 rings (SSSR count). The molecule has 1 heterocycles. The van der Waals surface area contributed by atoms with E-state index < -0.39 is 22.5 Å². The number of hydrogen-bond acceptors (Lipinski definition) is 5. The first-order chi connectivity index (χ1) is 14.5. The van der Waals surface area contributed by atoms with Crippen molar-refractivity contribution in [3.8, 4) is 0 Å². The van der Waals surface area contributed by atoms with Crippen LogP contribution in [0.3, 0.4) is 0 Å². The van der Waals surface area contributed by atoms with Gasteiger partial charge in [-0.15, -0.1) is 0 Å². The summed E-state index contributed by atoms with van der Waals surface area (Å²) in [4.78, 5) is 37.4. The van der Waals surface area contributed by atoms with Crippen LogP contribution in [0.15, 0.2) is 48.5 Å². The summed E-state index contributed by atoms with van der Waals surface area (Å²) in [6, 6.07) is 12.9. The van der Waals surface area contributed by atoms with Gasteiger partial charge in [0.15, 0.2) is 0 Å². The predicted molar refractivity (Wildman–Crippen MR) is 116 cm³/mol. The van der Waals surface area contributed by atoms with Crippen molar-refractivity contribution >= 4 is 29.3 Å². The SMILES string of the molecule is CC(C)(C)OC(=O)N1C[C@@H](NC(=O)c2ccc([N+](=O)[O-])cc2Cl)[C@H](c2ccccc2)C1. The molecule has 0 saturated carbocycles. The maximum Gasteiger partial charge on any atom is 0.410 e. The molecular weight excluding hydrogens is 422 g/mol. The molecule has 0 radical (unpaired) electrons. The Morgan fingerprint density at radius 2 is 1.84 bits per heavy atom. The van der Waals surface area contributed by atoms with E-state index in [0.717, 1.165) is 11.6 Å². The molecule has 2 atom stereocenters. The van der Waals surface area contributed by atoms with Crippen LogP contribution in [-0.2, 0) is 4.74 Å². The topological polar surface area (TPSA) is 102 Å². The number of carbonyl (C=O) groups excluding carboxylic acids is 2. The molecule has 2 amide bonds. The Kier molecular flexibility index (Phi) is 6.50. The highest BCUT2D eigenvalue weighted by atomic mass is 35.5. The van der Waals surface area contributed by atoms with Gasteiger partial charge in [0.25, 0.3) is 11.6 Å². The second kappa shape index (κ2) is 8.93. The quantitative estimate of drug-likeness (QED) is 0.555. The van der Waals surface area contributed by atoms with E-state index in [0.29, 0.717) is 6.54 Å². The maximum absolute atomic E-state index is 12.9. The molecule has 9 heteroatoms. The summed E-state index contributed by atoms with van der Waals surface area (Å²) in [5.74, 6) is -0.605. The van der Waals surface area contributed by atoms with Gasteiger partial charge in [0.05, 0.1) is 21.6 Å². The van der Waals surface area contributed by atoms with Crippen molar-refractivity contribution in [1.82, 2.24) is 10.2 Å². The molecule has 0 aliphatic carbocycles. The van der Waals surface area contributed by atoms with Gasteiger partial charge in [-0.3, -0.25) is 14.9 Å². The predicted octanol–water partition coefficient (Wildman–Crippen LogP) is 4.38. The molecule has 0 aromatic heterocycles. The van der Waals surface area contributed by atoms with Gasteiger partial charge < -0.3 is 15.0 Å². The number of benzene rings is 2. The van der Waals surface area contributed by atoms with Gasteiger partial charge in [-0.25, -0.2) is 4.79 Å². The number of hydrogen-bond donors (Lipinski definition) is 1. The smallest absolute Gasteiger partial charge is 0.410 e.